The Morgan fingerprint density at radius 2 is 2.07 bits per heavy atom. The van der Waals surface area contributed by atoms with E-state index in [1.54, 1.807) is 12.1 Å². The van der Waals surface area contributed by atoms with E-state index in [0.717, 1.165) is 30.2 Å². The topological polar surface area (TPSA) is 68.5 Å². The molecule has 0 bridgehead atoms. The first-order chi connectivity index (χ1) is 13.1. The molecule has 5 nitrogen and oxygen atoms in total. The van der Waals surface area contributed by atoms with Crippen LogP contribution in [0.4, 0.5) is 0 Å². The van der Waals surface area contributed by atoms with E-state index in [0.29, 0.717) is 11.3 Å². The molecule has 1 N–H and O–H groups in total. The molecule has 138 valence electrons. The third-order valence-corrected chi connectivity index (χ3v) is 5.00. The lowest BCUT2D eigenvalue weighted by Crippen LogP contribution is -2.34. The minimum absolute atomic E-state index is 0.0309. The van der Waals surface area contributed by atoms with E-state index in [1.807, 2.05) is 25.1 Å². The van der Waals surface area contributed by atoms with Gasteiger partial charge in [0.05, 0.1) is 6.04 Å². The number of rotatable bonds is 4. The van der Waals surface area contributed by atoms with Gasteiger partial charge < -0.3 is 14.5 Å². The van der Waals surface area contributed by atoms with E-state index in [1.165, 1.54) is 17.2 Å². The summed E-state index contributed by atoms with van der Waals surface area (Å²) in [6.07, 6.45) is 3.05. The van der Waals surface area contributed by atoms with Crippen LogP contribution in [-0.4, -0.2) is 12.5 Å². The smallest absolute Gasteiger partial charge is 0.336 e. The molecule has 2 aromatic carbocycles. The number of benzene rings is 2. The van der Waals surface area contributed by atoms with Gasteiger partial charge in [-0.2, -0.15) is 0 Å². The first-order valence-corrected chi connectivity index (χ1v) is 9.14. The molecule has 0 saturated heterocycles. The van der Waals surface area contributed by atoms with Crippen LogP contribution in [0, 0.1) is 6.92 Å². The summed E-state index contributed by atoms with van der Waals surface area (Å²) in [5.41, 5.74) is 3.40. The Hall–Kier alpha value is -3.08. The van der Waals surface area contributed by atoms with Gasteiger partial charge in [0.2, 0.25) is 0 Å². The van der Waals surface area contributed by atoms with Crippen LogP contribution >= 0.6 is 0 Å². The Morgan fingerprint density at radius 3 is 2.96 bits per heavy atom. The number of aryl methyl sites for hydroxylation is 2. The molecule has 4 rings (SSSR count). The van der Waals surface area contributed by atoms with E-state index in [2.05, 4.69) is 17.4 Å². The summed E-state index contributed by atoms with van der Waals surface area (Å²) in [7, 11) is 0. The number of ether oxygens (including phenoxy) is 1. The minimum Gasteiger partial charge on any atom is -0.484 e. The molecule has 0 unspecified atom stereocenters. The van der Waals surface area contributed by atoms with Crippen molar-refractivity contribution in [2.75, 3.05) is 6.61 Å². The van der Waals surface area contributed by atoms with Crippen LogP contribution in [0.25, 0.3) is 11.0 Å². The molecule has 1 heterocycles. The van der Waals surface area contributed by atoms with E-state index in [-0.39, 0.29) is 18.6 Å². The summed E-state index contributed by atoms with van der Waals surface area (Å²) in [6.45, 7) is 1.77. The van der Waals surface area contributed by atoms with Crippen molar-refractivity contribution in [1.29, 1.82) is 0 Å². The zero-order chi connectivity index (χ0) is 18.8. The van der Waals surface area contributed by atoms with Crippen molar-refractivity contribution in [3.8, 4) is 5.75 Å². The van der Waals surface area contributed by atoms with Crippen molar-refractivity contribution in [2.24, 2.45) is 0 Å². The molecular weight excluding hydrogens is 342 g/mol. The van der Waals surface area contributed by atoms with Gasteiger partial charge in [-0.3, -0.25) is 4.79 Å². The number of amides is 1. The van der Waals surface area contributed by atoms with Crippen molar-refractivity contribution >= 4 is 16.9 Å². The highest BCUT2D eigenvalue weighted by Crippen LogP contribution is 2.29. The third-order valence-electron chi connectivity index (χ3n) is 5.00. The molecule has 1 aliphatic carbocycles. The molecular formula is C22H21NO4. The zero-order valence-electron chi connectivity index (χ0n) is 15.2. The van der Waals surface area contributed by atoms with Crippen molar-refractivity contribution in [3.63, 3.8) is 0 Å². The monoisotopic (exact) mass is 363 g/mol. The molecule has 3 aromatic rings. The van der Waals surface area contributed by atoms with E-state index in [9.17, 15) is 9.59 Å². The van der Waals surface area contributed by atoms with E-state index in [4.69, 9.17) is 9.15 Å². The van der Waals surface area contributed by atoms with Gasteiger partial charge in [-0.1, -0.05) is 24.3 Å². The van der Waals surface area contributed by atoms with E-state index >= 15 is 0 Å². The van der Waals surface area contributed by atoms with Crippen LogP contribution in [0.2, 0.25) is 0 Å². The summed E-state index contributed by atoms with van der Waals surface area (Å²) >= 11 is 0. The molecule has 0 saturated carbocycles. The molecule has 1 aliphatic rings. The summed E-state index contributed by atoms with van der Waals surface area (Å²) in [5.74, 6) is 0.331. The molecule has 0 fully saturated rings. The molecule has 0 spiro atoms. The Balaban J connectivity index is 1.43. The Labute approximate surface area is 157 Å². The van der Waals surface area contributed by atoms with Crippen molar-refractivity contribution in [3.05, 3.63) is 75.6 Å². The third kappa shape index (κ3) is 3.72. The predicted octanol–water partition coefficient (Wildman–Crippen LogP) is 3.67. The Kier molecular flexibility index (Phi) is 4.67. The van der Waals surface area contributed by atoms with Crippen LogP contribution in [-0.2, 0) is 11.2 Å². The van der Waals surface area contributed by atoms with Crippen LogP contribution in [0.15, 0.2) is 57.7 Å². The number of fused-ring (bicyclic) bond motifs is 2. The largest absolute Gasteiger partial charge is 0.484 e. The molecule has 0 aliphatic heterocycles. The molecule has 27 heavy (non-hydrogen) atoms. The molecule has 1 amide bonds. The first-order valence-electron chi connectivity index (χ1n) is 9.14. The number of carbonyl (C=O) groups excluding carboxylic acids is 1. The number of carbonyl (C=O) groups is 1. The van der Waals surface area contributed by atoms with Crippen molar-refractivity contribution in [1.82, 2.24) is 5.32 Å². The lowest BCUT2D eigenvalue weighted by Gasteiger charge is -2.26. The maximum absolute atomic E-state index is 12.4. The van der Waals surface area contributed by atoms with Gasteiger partial charge in [0.1, 0.15) is 11.3 Å². The molecule has 5 heteroatoms. The molecule has 0 radical (unpaired) electrons. The maximum Gasteiger partial charge on any atom is 0.336 e. The second-order valence-electron chi connectivity index (χ2n) is 6.91. The van der Waals surface area contributed by atoms with Gasteiger partial charge >= 0.3 is 5.63 Å². The summed E-state index contributed by atoms with van der Waals surface area (Å²) < 4.78 is 10.8. The number of hydrogen-bond acceptors (Lipinski definition) is 4. The standard InChI is InChI=1S/C22H21NO4/c1-14-11-22(25)27-20-12-16(9-10-17(14)20)26-13-21(24)23-19-8-4-6-15-5-2-3-7-18(15)19/h2-3,5,7,9-12,19H,4,6,8,13H2,1H3,(H,23,24)/t19-/m1/s1. The maximum atomic E-state index is 12.4. The normalized spacial score (nSPS) is 16.0. The van der Waals surface area contributed by atoms with Crippen molar-refractivity contribution < 1.29 is 13.9 Å². The second kappa shape index (κ2) is 7.27. The van der Waals surface area contributed by atoms with Gasteiger partial charge in [-0.15, -0.1) is 0 Å². The van der Waals surface area contributed by atoms with Crippen LogP contribution in [0.1, 0.15) is 35.6 Å². The molecule has 1 aromatic heterocycles. The van der Waals surface area contributed by atoms with Gasteiger partial charge in [-0.05, 0) is 55.0 Å². The molecule has 1 atom stereocenters. The summed E-state index contributed by atoms with van der Waals surface area (Å²) in [5, 5.41) is 3.92. The lowest BCUT2D eigenvalue weighted by atomic mass is 9.88. The van der Waals surface area contributed by atoms with E-state index < -0.39 is 5.63 Å². The first kappa shape index (κ1) is 17.3. The second-order valence-corrected chi connectivity index (χ2v) is 6.91. The van der Waals surface area contributed by atoms with Gasteiger partial charge in [0, 0.05) is 17.5 Å². The van der Waals surface area contributed by atoms with Crippen LogP contribution < -0.4 is 15.7 Å². The fraction of sp³-hybridized carbons (Fsp3) is 0.273. The Bertz CT molecular complexity index is 1050. The number of hydrogen-bond donors (Lipinski definition) is 1. The lowest BCUT2D eigenvalue weighted by molar-refractivity contribution is -0.123. The van der Waals surface area contributed by atoms with Gasteiger partial charge in [0.15, 0.2) is 6.61 Å². The van der Waals surface area contributed by atoms with Gasteiger partial charge in [-0.25, -0.2) is 4.79 Å². The average molecular weight is 363 g/mol. The van der Waals surface area contributed by atoms with Gasteiger partial charge in [0.25, 0.3) is 5.91 Å². The zero-order valence-corrected chi connectivity index (χ0v) is 15.2. The minimum atomic E-state index is -0.397. The fourth-order valence-corrected chi connectivity index (χ4v) is 3.68. The predicted molar refractivity (Wildman–Crippen MR) is 103 cm³/mol. The summed E-state index contributed by atoms with van der Waals surface area (Å²) in [4.78, 5) is 23.9. The highest BCUT2D eigenvalue weighted by atomic mass is 16.5. The average Bonchev–Trinajstić information content (AvgIpc) is 2.66. The fourth-order valence-electron chi connectivity index (χ4n) is 3.68. The Morgan fingerprint density at radius 1 is 1.22 bits per heavy atom. The number of nitrogens with one attached hydrogen (secondary N) is 1. The van der Waals surface area contributed by atoms with Crippen molar-refractivity contribution in [2.45, 2.75) is 32.2 Å². The quantitative estimate of drug-likeness (QED) is 0.718. The van der Waals surface area contributed by atoms with Crippen LogP contribution in [0.5, 0.6) is 5.75 Å². The highest BCUT2D eigenvalue weighted by Gasteiger charge is 2.21. The summed E-state index contributed by atoms with van der Waals surface area (Å²) in [6, 6.07) is 15.0. The highest BCUT2D eigenvalue weighted by molar-refractivity contribution is 5.82. The van der Waals surface area contributed by atoms with Crippen LogP contribution in [0.3, 0.4) is 0 Å². The SMILES string of the molecule is Cc1cc(=O)oc2cc(OCC(=O)N[C@@H]3CCCc4ccccc43)ccc12.